The van der Waals surface area contributed by atoms with Gasteiger partial charge >= 0.3 is 0 Å². The number of hydrogen-bond acceptors (Lipinski definition) is 4. The van der Waals surface area contributed by atoms with E-state index in [2.05, 4.69) is 9.98 Å². The van der Waals surface area contributed by atoms with Gasteiger partial charge in [0.25, 0.3) is 0 Å². The summed E-state index contributed by atoms with van der Waals surface area (Å²) in [5, 5.41) is 11.4. The van der Waals surface area contributed by atoms with E-state index in [0.717, 1.165) is 33.0 Å². The molecule has 0 fully saturated rings. The normalized spacial score (nSPS) is 19.1. The van der Waals surface area contributed by atoms with E-state index in [4.69, 9.17) is 0 Å². The molecule has 0 bridgehead atoms. The lowest BCUT2D eigenvalue weighted by molar-refractivity contribution is 0.0257. The van der Waals surface area contributed by atoms with Gasteiger partial charge in [0, 0.05) is 35.3 Å². The Bertz CT molecular complexity index is 790. The van der Waals surface area contributed by atoms with Gasteiger partial charge in [0.1, 0.15) is 0 Å². The summed E-state index contributed by atoms with van der Waals surface area (Å²) in [5.41, 5.74) is 4.61. The smallest absolute Gasteiger partial charge is 0.159 e. The number of aliphatic imine (C=N–C) groups is 1. The standard InChI is InChI=1S/C16H11N3O/c20-19-9-7-11-4-1-2-5-12(11)15(19)14-10-18-16-13(14)6-3-8-17-16/h1-10,20H/b15-14-. The van der Waals surface area contributed by atoms with Crippen molar-refractivity contribution in [1.29, 1.82) is 0 Å². The number of nitrogens with zero attached hydrogens (tertiary/aromatic N) is 3. The summed E-state index contributed by atoms with van der Waals surface area (Å²) < 4.78 is 0. The van der Waals surface area contributed by atoms with Gasteiger partial charge in [-0.1, -0.05) is 24.3 Å². The molecule has 1 aromatic carbocycles. The SMILES string of the molecule is ON1C=Cc2ccccc2/C1=C1\C=Nc2ncccc21. The summed E-state index contributed by atoms with van der Waals surface area (Å²) in [6, 6.07) is 11.8. The molecule has 0 spiro atoms. The first-order chi connectivity index (χ1) is 9.84. The molecular weight excluding hydrogens is 250 g/mol. The fourth-order valence-corrected chi connectivity index (χ4v) is 2.57. The number of fused-ring (bicyclic) bond motifs is 2. The first-order valence-corrected chi connectivity index (χ1v) is 6.34. The summed E-state index contributed by atoms with van der Waals surface area (Å²) in [6.07, 6.45) is 7.00. The Morgan fingerprint density at radius 2 is 1.85 bits per heavy atom. The van der Waals surface area contributed by atoms with E-state index in [1.807, 2.05) is 42.5 Å². The molecule has 2 aliphatic rings. The maximum atomic E-state index is 10.2. The molecule has 2 aromatic rings. The summed E-state index contributed by atoms with van der Waals surface area (Å²) in [6.45, 7) is 0. The van der Waals surface area contributed by atoms with Crippen molar-refractivity contribution in [1.82, 2.24) is 10.0 Å². The van der Waals surface area contributed by atoms with Gasteiger partial charge in [-0.05, 0) is 23.8 Å². The van der Waals surface area contributed by atoms with Gasteiger partial charge in [-0.15, -0.1) is 0 Å². The second kappa shape index (κ2) is 4.15. The first kappa shape index (κ1) is 11.1. The first-order valence-electron chi connectivity index (χ1n) is 6.34. The van der Waals surface area contributed by atoms with Gasteiger partial charge in [0.15, 0.2) is 5.82 Å². The fraction of sp³-hybridized carbons (Fsp3) is 0. The van der Waals surface area contributed by atoms with Crippen molar-refractivity contribution in [2.75, 3.05) is 0 Å². The Morgan fingerprint density at radius 1 is 1.00 bits per heavy atom. The van der Waals surface area contributed by atoms with Gasteiger partial charge in [0.05, 0.1) is 5.70 Å². The van der Waals surface area contributed by atoms with Crippen LogP contribution in [0.5, 0.6) is 0 Å². The minimum Gasteiger partial charge on any atom is -0.284 e. The average molecular weight is 261 g/mol. The molecule has 1 aromatic heterocycles. The monoisotopic (exact) mass is 261 g/mol. The lowest BCUT2D eigenvalue weighted by atomic mass is 9.96. The van der Waals surface area contributed by atoms with Crippen LogP contribution in [0.1, 0.15) is 16.7 Å². The zero-order valence-electron chi connectivity index (χ0n) is 10.6. The third-order valence-corrected chi connectivity index (χ3v) is 3.49. The molecule has 0 aliphatic carbocycles. The maximum Gasteiger partial charge on any atom is 0.159 e. The van der Waals surface area contributed by atoms with Crippen molar-refractivity contribution < 1.29 is 5.21 Å². The Balaban J connectivity index is 2.01. The third kappa shape index (κ3) is 1.52. The topological polar surface area (TPSA) is 48.7 Å². The van der Waals surface area contributed by atoms with Gasteiger partial charge in [-0.3, -0.25) is 5.21 Å². The highest BCUT2D eigenvalue weighted by molar-refractivity contribution is 6.24. The van der Waals surface area contributed by atoms with E-state index in [9.17, 15) is 5.21 Å². The minimum atomic E-state index is 0.690. The van der Waals surface area contributed by atoms with E-state index in [0.29, 0.717) is 5.82 Å². The number of allylic oxidation sites excluding steroid dienone is 1. The zero-order valence-corrected chi connectivity index (χ0v) is 10.6. The van der Waals surface area contributed by atoms with Crippen molar-refractivity contribution in [2.24, 2.45) is 4.99 Å². The molecule has 4 nitrogen and oxygen atoms in total. The van der Waals surface area contributed by atoms with Crippen molar-refractivity contribution in [3.05, 3.63) is 65.5 Å². The number of benzene rings is 1. The van der Waals surface area contributed by atoms with Crippen molar-refractivity contribution in [2.45, 2.75) is 0 Å². The molecule has 3 heterocycles. The van der Waals surface area contributed by atoms with Crippen molar-refractivity contribution in [3.63, 3.8) is 0 Å². The van der Waals surface area contributed by atoms with Crippen LogP contribution in [-0.2, 0) is 0 Å². The van der Waals surface area contributed by atoms with Gasteiger partial charge in [-0.25, -0.2) is 15.0 Å². The molecule has 0 unspecified atom stereocenters. The molecule has 2 aliphatic heterocycles. The van der Waals surface area contributed by atoms with Crippen molar-refractivity contribution >= 4 is 29.4 Å². The van der Waals surface area contributed by atoms with Crippen LogP contribution in [0.3, 0.4) is 0 Å². The Hall–Kier alpha value is -2.72. The molecule has 0 saturated carbocycles. The lowest BCUT2D eigenvalue weighted by Gasteiger charge is -2.24. The van der Waals surface area contributed by atoms with E-state index in [-0.39, 0.29) is 0 Å². The number of aromatic nitrogens is 1. The lowest BCUT2D eigenvalue weighted by Crippen LogP contribution is -2.16. The summed E-state index contributed by atoms with van der Waals surface area (Å²) >= 11 is 0. The predicted molar refractivity (Wildman–Crippen MR) is 78.3 cm³/mol. The Labute approximate surface area is 116 Å². The molecule has 4 heteroatoms. The molecule has 0 saturated heterocycles. The summed E-state index contributed by atoms with van der Waals surface area (Å²) in [4.78, 5) is 8.54. The highest BCUT2D eigenvalue weighted by atomic mass is 16.5. The molecular formula is C16H11N3O. The van der Waals surface area contributed by atoms with E-state index in [1.54, 1.807) is 18.6 Å². The van der Waals surface area contributed by atoms with Gasteiger partial charge in [0.2, 0.25) is 0 Å². The minimum absolute atomic E-state index is 0.690. The molecule has 20 heavy (non-hydrogen) atoms. The van der Waals surface area contributed by atoms with Crippen LogP contribution in [0.2, 0.25) is 0 Å². The fourth-order valence-electron chi connectivity index (χ4n) is 2.57. The molecule has 0 radical (unpaired) electrons. The molecule has 0 amide bonds. The summed E-state index contributed by atoms with van der Waals surface area (Å²) in [7, 11) is 0. The molecule has 1 N–H and O–H groups in total. The van der Waals surface area contributed by atoms with Crippen LogP contribution < -0.4 is 0 Å². The van der Waals surface area contributed by atoms with Crippen molar-refractivity contribution in [3.8, 4) is 0 Å². The van der Waals surface area contributed by atoms with Gasteiger partial charge in [-0.2, -0.15) is 0 Å². The zero-order chi connectivity index (χ0) is 13.5. The second-order valence-corrected chi connectivity index (χ2v) is 4.64. The predicted octanol–water partition coefficient (Wildman–Crippen LogP) is 3.34. The molecule has 4 rings (SSSR count). The van der Waals surface area contributed by atoms with E-state index >= 15 is 0 Å². The maximum absolute atomic E-state index is 10.2. The Kier molecular flexibility index (Phi) is 2.31. The average Bonchev–Trinajstić information content (AvgIpc) is 2.91. The van der Waals surface area contributed by atoms with E-state index in [1.165, 1.54) is 0 Å². The van der Waals surface area contributed by atoms with Gasteiger partial charge < -0.3 is 0 Å². The highest BCUT2D eigenvalue weighted by Crippen LogP contribution is 2.38. The second-order valence-electron chi connectivity index (χ2n) is 4.64. The molecule has 96 valence electrons. The Morgan fingerprint density at radius 3 is 2.80 bits per heavy atom. The van der Waals surface area contributed by atoms with Crippen LogP contribution in [-0.4, -0.2) is 21.5 Å². The third-order valence-electron chi connectivity index (χ3n) is 3.49. The van der Waals surface area contributed by atoms with Crippen LogP contribution in [0.15, 0.2) is 53.8 Å². The van der Waals surface area contributed by atoms with E-state index < -0.39 is 0 Å². The van der Waals surface area contributed by atoms with Crippen LogP contribution in [0, 0.1) is 0 Å². The number of hydroxylamine groups is 2. The number of rotatable bonds is 0. The summed E-state index contributed by atoms with van der Waals surface area (Å²) in [5.74, 6) is 0.690. The largest absolute Gasteiger partial charge is 0.284 e. The van der Waals surface area contributed by atoms with Crippen LogP contribution in [0.25, 0.3) is 17.3 Å². The van der Waals surface area contributed by atoms with Crippen LogP contribution in [0.4, 0.5) is 5.82 Å². The quantitative estimate of drug-likeness (QED) is 0.791. The van der Waals surface area contributed by atoms with Crippen LogP contribution >= 0.6 is 0 Å². The number of pyridine rings is 1. The highest BCUT2D eigenvalue weighted by Gasteiger charge is 2.24. The molecule has 0 atom stereocenters. The number of hydrogen-bond donors (Lipinski definition) is 1.